The van der Waals surface area contributed by atoms with Crippen molar-refractivity contribution in [3.8, 4) is 0 Å². The smallest absolute Gasteiger partial charge is 0.225 e. The number of piperidine rings is 1. The van der Waals surface area contributed by atoms with Crippen molar-refractivity contribution >= 4 is 5.91 Å². The first-order valence-corrected chi connectivity index (χ1v) is 9.04. The molecule has 0 unspecified atom stereocenters. The van der Waals surface area contributed by atoms with Gasteiger partial charge in [0.1, 0.15) is 0 Å². The lowest BCUT2D eigenvalue weighted by molar-refractivity contribution is -0.134. The zero-order valence-corrected chi connectivity index (χ0v) is 15.0. The number of hydrogen-bond acceptors (Lipinski definition) is 2. The Labute approximate surface area is 140 Å². The van der Waals surface area contributed by atoms with Gasteiger partial charge in [-0.05, 0) is 68.2 Å². The Balaban J connectivity index is 1.55. The lowest BCUT2D eigenvalue weighted by Crippen LogP contribution is -2.50. The second-order valence-electron chi connectivity index (χ2n) is 7.67. The lowest BCUT2D eigenvalue weighted by Gasteiger charge is -2.37. The van der Waals surface area contributed by atoms with Crippen LogP contribution in [0.3, 0.4) is 0 Å². The standard InChI is InChI=1S/C20H30N2O/c1-13-9-15(3)18(10-14(13)2)11-21-19-7-8-22(12-16(19)4)20(23)17-5-6-17/h9-10,16-17,19,21H,5-8,11-12H2,1-4H3/t16-,19+/m0/s1. The van der Waals surface area contributed by atoms with E-state index in [-0.39, 0.29) is 0 Å². The minimum Gasteiger partial charge on any atom is -0.342 e. The number of rotatable bonds is 4. The molecule has 1 aliphatic carbocycles. The summed E-state index contributed by atoms with van der Waals surface area (Å²) < 4.78 is 0. The largest absolute Gasteiger partial charge is 0.342 e. The summed E-state index contributed by atoms with van der Waals surface area (Å²) in [4.78, 5) is 14.3. The van der Waals surface area contributed by atoms with Crippen LogP contribution >= 0.6 is 0 Å². The van der Waals surface area contributed by atoms with Gasteiger partial charge < -0.3 is 10.2 Å². The maximum absolute atomic E-state index is 12.2. The van der Waals surface area contributed by atoms with Gasteiger partial charge in [-0.2, -0.15) is 0 Å². The van der Waals surface area contributed by atoms with Crippen molar-refractivity contribution in [1.29, 1.82) is 0 Å². The Morgan fingerprint density at radius 3 is 2.48 bits per heavy atom. The minimum absolute atomic E-state index is 0.352. The van der Waals surface area contributed by atoms with Crippen molar-refractivity contribution in [2.75, 3.05) is 13.1 Å². The number of nitrogens with one attached hydrogen (secondary N) is 1. The Hall–Kier alpha value is -1.35. The molecule has 0 aromatic heterocycles. The maximum atomic E-state index is 12.2. The molecule has 3 heteroatoms. The van der Waals surface area contributed by atoms with Gasteiger partial charge in [-0.25, -0.2) is 0 Å². The summed E-state index contributed by atoms with van der Waals surface area (Å²) in [5.41, 5.74) is 5.50. The molecule has 3 rings (SSSR count). The summed E-state index contributed by atoms with van der Waals surface area (Å²) >= 11 is 0. The summed E-state index contributed by atoms with van der Waals surface area (Å²) in [5, 5.41) is 3.74. The van der Waals surface area contributed by atoms with Gasteiger partial charge >= 0.3 is 0 Å². The monoisotopic (exact) mass is 314 g/mol. The molecule has 1 aliphatic heterocycles. The number of likely N-dealkylation sites (tertiary alicyclic amines) is 1. The van der Waals surface area contributed by atoms with Crippen LogP contribution in [-0.4, -0.2) is 29.9 Å². The molecule has 1 saturated carbocycles. The summed E-state index contributed by atoms with van der Waals surface area (Å²) in [6, 6.07) is 5.11. The Morgan fingerprint density at radius 1 is 1.13 bits per heavy atom. The van der Waals surface area contributed by atoms with Crippen molar-refractivity contribution in [2.45, 2.75) is 59.5 Å². The van der Waals surface area contributed by atoms with E-state index in [1.165, 1.54) is 22.3 Å². The zero-order valence-electron chi connectivity index (χ0n) is 15.0. The maximum Gasteiger partial charge on any atom is 0.225 e. The predicted octanol–water partition coefficient (Wildman–Crippen LogP) is 3.35. The Morgan fingerprint density at radius 2 is 1.83 bits per heavy atom. The van der Waals surface area contributed by atoms with Gasteiger partial charge in [0.15, 0.2) is 0 Å². The van der Waals surface area contributed by atoms with Gasteiger partial charge in [0, 0.05) is 31.6 Å². The molecule has 1 aromatic rings. The van der Waals surface area contributed by atoms with E-state index in [1.54, 1.807) is 0 Å². The molecule has 1 saturated heterocycles. The number of benzene rings is 1. The van der Waals surface area contributed by atoms with Gasteiger partial charge in [0.2, 0.25) is 5.91 Å². The molecule has 1 N–H and O–H groups in total. The van der Waals surface area contributed by atoms with Crippen LogP contribution in [0, 0.1) is 32.6 Å². The third-order valence-electron chi connectivity index (χ3n) is 5.65. The van der Waals surface area contributed by atoms with Crippen molar-refractivity contribution in [3.63, 3.8) is 0 Å². The van der Waals surface area contributed by atoms with Crippen molar-refractivity contribution in [2.24, 2.45) is 11.8 Å². The molecule has 1 heterocycles. The fourth-order valence-corrected chi connectivity index (χ4v) is 3.69. The van der Waals surface area contributed by atoms with Crippen LogP contribution in [0.15, 0.2) is 12.1 Å². The zero-order chi connectivity index (χ0) is 16.6. The molecule has 2 aliphatic rings. The summed E-state index contributed by atoms with van der Waals surface area (Å²) in [6.45, 7) is 11.6. The van der Waals surface area contributed by atoms with E-state index < -0.39 is 0 Å². The Kier molecular flexibility index (Phi) is 4.77. The molecule has 23 heavy (non-hydrogen) atoms. The second kappa shape index (κ2) is 6.64. The number of aryl methyl sites for hydroxylation is 3. The van der Waals surface area contributed by atoms with Crippen LogP contribution in [0.25, 0.3) is 0 Å². The van der Waals surface area contributed by atoms with E-state index in [4.69, 9.17) is 0 Å². The first-order chi connectivity index (χ1) is 11.0. The van der Waals surface area contributed by atoms with Gasteiger partial charge in [-0.15, -0.1) is 0 Å². The van der Waals surface area contributed by atoms with Crippen LogP contribution < -0.4 is 5.32 Å². The summed E-state index contributed by atoms with van der Waals surface area (Å²) in [6.07, 6.45) is 3.29. The average molecular weight is 314 g/mol. The highest BCUT2D eigenvalue weighted by atomic mass is 16.2. The molecule has 1 amide bonds. The SMILES string of the molecule is Cc1cc(C)c(CN[C@@H]2CCN(C(=O)C3CC3)C[C@@H]2C)cc1C. The number of amides is 1. The highest BCUT2D eigenvalue weighted by Crippen LogP contribution is 2.32. The van der Waals surface area contributed by atoms with Crippen LogP contribution in [0.2, 0.25) is 0 Å². The Bertz CT molecular complexity index is 592. The third-order valence-corrected chi connectivity index (χ3v) is 5.65. The van der Waals surface area contributed by atoms with Crippen LogP contribution in [0.5, 0.6) is 0 Å². The molecular formula is C20H30N2O. The minimum atomic E-state index is 0.352. The average Bonchev–Trinajstić information content (AvgIpc) is 3.34. The van der Waals surface area contributed by atoms with Gasteiger partial charge in [-0.3, -0.25) is 4.79 Å². The van der Waals surface area contributed by atoms with Crippen molar-refractivity contribution < 1.29 is 4.79 Å². The van der Waals surface area contributed by atoms with E-state index in [9.17, 15) is 4.79 Å². The quantitative estimate of drug-likeness (QED) is 0.924. The van der Waals surface area contributed by atoms with Gasteiger partial charge in [0.25, 0.3) is 0 Å². The number of hydrogen-bond donors (Lipinski definition) is 1. The molecule has 2 fully saturated rings. The summed E-state index contributed by atoms with van der Waals surface area (Å²) in [7, 11) is 0. The molecule has 0 spiro atoms. The molecule has 0 radical (unpaired) electrons. The van der Waals surface area contributed by atoms with Crippen molar-refractivity contribution in [3.05, 3.63) is 34.4 Å². The highest BCUT2D eigenvalue weighted by Gasteiger charge is 2.36. The lowest BCUT2D eigenvalue weighted by atomic mass is 9.92. The van der Waals surface area contributed by atoms with E-state index in [2.05, 4.69) is 50.0 Å². The molecular weight excluding hydrogens is 284 g/mol. The van der Waals surface area contributed by atoms with Crippen molar-refractivity contribution in [1.82, 2.24) is 10.2 Å². The number of carbonyl (C=O) groups excluding carboxylic acids is 1. The number of nitrogens with zero attached hydrogens (tertiary/aromatic N) is 1. The predicted molar refractivity (Wildman–Crippen MR) is 94.4 cm³/mol. The highest BCUT2D eigenvalue weighted by molar-refractivity contribution is 5.81. The first-order valence-electron chi connectivity index (χ1n) is 9.04. The third kappa shape index (κ3) is 3.77. The van der Waals surface area contributed by atoms with E-state index in [0.29, 0.717) is 23.8 Å². The molecule has 1 aromatic carbocycles. The normalized spacial score (nSPS) is 24.8. The summed E-state index contributed by atoms with van der Waals surface area (Å²) in [5.74, 6) is 1.28. The second-order valence-corrected chi connectivity index (χ2v) is 7.67. The van der Waals surface area contributed by atoms with Gasteiger partial charge in [0.05, 0.1) is 0 Å². The topological polar surface area (TPSA) is 32.3 Å². The first kappa shape index (κ1) is 16.5. The fourth-order valence-electron chi connectivity index (χ4n) is 3.69. The molecule has 3 nitrogen and oxygen atoms in total. The molecule has 2 atom stereocenters. The van der Waals surface area contributed by atoms with E-state index in [1.807, 2.05) is 0 Å². The molecule has 126 valence electrons. The van der Waals surface area contributed by atoms with Gasteiger partial charge in [-0.1, -0.05) is 19.1 Å². The van der Waals surface area contributed by atoms with E-state index in [0.717, 1.165) is 38.9 Å². The van der Waals surface area contributed by atoms with Crippen LogP contribution in [-0.2, 0) is 11.3 Å². The van der Waals surface area contributed by atoms with E-state index >= 15 is 0 Å². The number of carbonyl (C=O) groups is 1. The van der Waals surface area contributed by atoms with Crippen LogP contribution in [0.4, 0.5) is 0 Å². The fraction of sp³-hybridized carbons (Fsp3) is 0.650. The molecule has 0 bridgehead atoms. The van der Waals surface area contributed by atoms with Crippen LogP contribution in [0.1, 0.15) is 48.4 Å².